The number of nitrogens with one attached hydrogen (secondary N) is 2. The van der Waals surface area contributed by atoms with Gasteiger partial charge >= 0.3 is 24.2 Å². The van der Waals surface area contributed by atoms with Crippen molar-refractivity contribution in [2.75, 3.05) is 43.3 Å². The highest BCUT2D eigenvalue weighted by Crippen LogP contribution is 2.38. The third-order valence-electron chi connectivity index (χ3n) is 8.91. The molecule has 0 spiro atoms. The number of hydrogen-bond donors (Lipinski definition) is 5. The summed E-state index contributed by atoms with van der Waals surface area (Å²) in [6.07, 6.45) is 0.0208. The zero-order valence-corrected chi connectivity index (χ0v) is 37.9. The first kappa shape index (κ1) is 51.6. The summed E-state index contributed by atoms with van der Waals surface area (Å²) in [5.74, 6) is 1.73. The molecule has 65 heavy (non-hydrogen) atoms. The summed E-state index contributed by atoms with van der Waals surface area (Å²) in [6.45, 7) is 7.74. The largest absolute Gasteiger partial charge is 0.481 e. The zero-order valence-electron chi connectivity index (χ0n) is 35.4. The summed E-state index contributed by atoms with van der Waals surface area (Å²) >= 11 is 1.24. The molecule has 2 aromatic carbocycles. The van der Waals surface area contributed by atoms with Crippen LogP contribution in [0.25, 0.3) is 0 Å². The average molecular weight is 973 g/mol. The number of nitrogens with two attached hydrogens (primary N) is 1. The molecule has 20 nitrogen and oxygen atoms in total. The van der Waals surface area contributed by atoms with Crippen molar-refractivity contribution in [2.24, 2.45) is 16.1 Å². The molecule has 27 heteroatoms. The van der Waals surface area contributed by atoms with Gasteiger partial charge in [-0.15, -0.1) is 6.42 Å². The van der Waals surface area contributed by atoms with Gasteiger partial charge in [-0.3, -0.25) is 24.4 Å². The average Bonchev–Trinajstić information content (AvgIpc) is 3.71. The number of aliphatic carboxylic acids is 1. The molecule has 352 valence electrons. The van der Waals surface area contributed by atoms with Crippen LogP contribution in [-0.2, 0) is 43.6 Å². The maximum absolute atomic E-state index is 14.5. The summed E-state index contributed by atoms with van der Waals surface area (Å²) in [7, 11) is -6.25. The number of fused-ring (bicyclic) bond motifs is 2. The molecule has 4 heterocycles. The first-order valence-electron chi connectivity index (χ1n) is 19.0. The number of carboxylic acids is 1. The molecule has 3 amide bonds. The van der Waals surface area contributed by atoms with Crippen LogP contribution in [0.15, 0.2) is 46.3 Å². The number of rotatable bonds is 12. The van der Waals surface area contributed by atoms with E-state index in [1.54, 1.807) is 4.72 Å². The van der Waals surface area contributed by atoms with Gasteiger partial charge in [-0.05, 0) is 42.9 Å². The monoisotopic (exact) mass is 972 g/mol. The van der Waals surface area contributed by atoms with E-state index in [1.165, 1.54) is 67.5 Å². The highest BCUT2D eigenvalue weighted by molar-refractivity contribution is 7.90. The predicted molar refractivity (Wildman–Crippen MR) is 228 cm³/mol. The zero-order chi connectivity index (χ0) is 48.5. The fraction of sp³-hybridized carbons (Fsp3) is 0.421. The van der Waals surface area contributed by atoms with E-state index in [4.69, 9.17) is 31.6 Å². The molecule has 2 unspecified atom stereocenters. The van der Waals surface area contributed by atoms with Gasteiger partial charge in [0.1, 0.15) is 29.1 Å². The van der Waals surface area contributed by atoms with Crippen molar-refractivity contribution in [3.8, 4) is 24.1 Å². The Bertz CT molecular complexity index is 2690. The van der Waals surface area contributed by atoms with Crippen molar-refractivity contribution in [1.82, 2.24) is 28.6 Å². The number of alkyl halides is 3. The molecule has 6 rings (SSSR count). The second-order valence-corrected chi connectivity index (χ2v) is 20.1. The lowest BCUT2D eigenvalue weighted by atomic mass is 9.92. The topological polar surface area (TPSA) is 284 Å². The molecular weight excluding hydrogens is 928 g/mol. The van der Waals surface area contributed by atoms with Gasteiger partial charge in [0, 0.05) is 49.8 Å². The minimum Gasteiger partial charge on any atom is -0.481 e. The number of benzene rings is 2. The third-order valence-corrected chi connectivity index (χ3v) is 12.2. The fourth-order valence-electron chi connectivity index (χ4n) is 5.91. The molecule has 0 fully saturated rings. The summed E-state index contributed by atoms with van der Waals surface area (Å²) in [6, 6.07) is 5.53. The van der Waals surface area contributed by atoms with Gasteiger partial charge < -0.3 is 29.8 Å². The van der Waals surface area contributed by atoms with Crippen molar-refractivity contribution in [3.05, 3.63) is 64.2 Å². The Kier molecular flexibility index (Phi) is 16.9. The van der Waals surface area contributed by atoms with Gasteiger partial charge in [0.2, 0.25) is 10.7 Å². The Morgan fingerprint density at radius 2 is 1.91 bits per heavy atom. The van der Waals surface area contributed by atoms with Crippen LogP contribution in [-0.4, -0.2) is 106 Å². The molecule has 2 aromatic heterocycles. The van der Waals surface area contributed by atoms with Gasteiger partial charge in [-0.2, -0.15) is 32.5 Å². The maximum atomic E-state index is 14.5. The Morgan fingerprint density at radius 1 is 1.22 bits per heavy atom. The Balaban J connectivity index is 0.000000233. The predicted octanol–water partition coefficient (Wildman–Crippen LogP) is 4.14. The van der Waals surface area contributed by atoms with E-state index < -0.39 is 65.2 Å². The van der Waals surface area contributed by atoms with Gasteiger partial charge in [0.25, 0.3) is 15.9 Å². The quantitative estimate of drug-likeness (QED) is 0.0758. The van der Waals surface area contributed by atoms with Crippen molar-refractivity contribution in [3.63, 3.8) is 0 Å². The van der Waals surface area contributed by atoms with Crippen LogP contribution in [0, 0.1) is 30.5 Å². The number of halogens is 4. The van der Waals surface area contributed by atoms with Crippen molar-refractivity contribution in [1.29, 1.82) is 0 Å². The van der Waals surface area contributed by atoms with Crippen LogP contribution in [0.5, 0.6) is 11.8 Å². The third kappa shape index (κ3) is 15.3. The van der Waals surface area contributed by atoms with E-state index in [9.17, 15) is 44.9 Å². The number of terminal acetylenes is 1. The Hall–Kier alpha value is -6.00. The molecule has 0 saturated carbocycles. The first-order chi connectivity index (χ1) is 30.2. The molecular formula is C38H45F4N10O10PS2. The van der Waals surface area contributed by atoms with E-state index in [-0.39, 0.29) is 66.1 Å². The molecule has 0 bridgehead atoms. The molecule has 2 aliphatic rings. The van der Waals surface area contributed by atoms with Crippen LogP contribution >= 0.6 is 18.9 Å². The number of nitrogens with zero attached hydrogens (tertiary/aromatic N) is 7. The summed E-state index contributed by atoms with van der Waals surface area (Å²) in [4.78, 5) is 60.4. The minimum atomic E-state index is -4.45. The summed E-state index contributed by atoms with van der Waals surface area (Å²) in [5.41, 5.74) is 5.70. The second-order valence-electron chi connectivity index (χ2n) is 15.1. The number of ether oxygens (including phenoxy) is 2. The number of amides is 3. The van der Waals surface area contributed by atoms with Gasteiger partial charge in [-0.25, -0.2) is 27.3 Å². The molecule has 0 aliphatic carbocycles. The van der Waals surface area contributed by atoms with Crippen molar-refractivity contribution in [2.45, 2.75) is 70.1 Å². The minimum absolute atomic E-state index is 0.0412. The molecule has 6 N–H and O–H groups in total. The lowest BCUT2D eigenvalue weighted by Gasteiger charge is -2.28. The van der Waals surface area contributed by atoms with E-state index in [0.717, 1.165) is 24.9 Å². The van der Waals surface area contributed by atoms with Gasteiger partial charge in [0.05, 0.1) is 24.2 Å². The number of carbonyl (C=O) groups is 3. The van der Waals surface area contributed by atoms with Crippen LogP contribution in [0.2, 0.25) is 0 Å². The van der Waals surface area contributed by atoms with Crippen LogP contribution in [0.1, 0.15) is 43.9 Å². The number of carboxylic acid groups (broad SMARTS) is 1. The Morgan fingerprint density at radius 3 is 2.54 bits per heavy atom. The number of aromatic nitrogens is 5. The fourth-order valence-corrected chi connectivity index (χ4v) is 8.60. The molecule has 0 radical (unpaired) electrons. The van der Waals surface area contributed by atoms with Crippen LogP contribution in [0.4, 0.5) is 39.7 Å². The highest BCUT2D eigenvalue weighted by Gasteiger charge is 2.32. The van der Waals surface area contributed by atoms with E-state index in [2.05, 4.69) is 49.4 Å². The van der Waals surface area contributed by atoms with Gasteiger partial charge in [-0.1, -0.05) is 38.0 Å². The molecule has 0 saturated heterocycles. The molecule has 2 aliphatic heterocycles. The van der Waals surface area contributed by atoms with Crippen molar-refractivity contribution >= 4 is 64.2 Å². The van der Waals surface area contributed by atoms with E-state index >= 15 is 0 Å². The van der Waals surface area contributed by atoms with Crippen molar-refractivity contribution < 1.29 is 64.4 Å². The second kappa shape index (κ2) is 21.3. The lowest BCUT2D eigenvalue weighted by Crippen LogP contribution is -2.39. The van der Waals surface area contributed by atoms with E-state index in [0.29, 0.717) is 16.2 Å². The standard InChI is InChI=1S/C18H17FN4O2S.C15H16F3N5O4S.C5H12NO4P/c1-4-5-22-13-7-12(11(19)6-14(13)25-9-16(22)24)20-17-23-10-18(2,3)8-15(23)21-26-17;1-9-19-12(22-14(20-9)27-2)21-13(24)23-28(25,26)11-6-4-3-5-10(11)7-8-15(16,17)18;1-11(9,10)3-2-4(6)5(7)8/h1,6-7H,5,8-10H2,2-3H3;3-6H,7-8H2,1-2H3,(H2,19,20,21,22,23,24);4H,2-3,6H2,1H3,(H,7,8)(H,9,10)/b20-17-;;. The number of sulfonamides is 1. The van der Waals surface area contributed by atoms with Crippen LogP contribution < -0.4 is 34.9 Å². The number of anilines is 2. The maximum Gasteiger partial charge on any atom is 0.389 e. The SMILES string of the molecule is C#CCN1C(=O)COc2cc(F)c(/N=c3\snc4n3CC(C)(C)C4)cc21.COc1nc(C)nc(NC(=O)NS(=O)(=O)c2ccccc2CCC(F)(F)F)n1.CP(=O)(O)CCC(N)C(=O)O. The summed E-state index contributed by atoms with van der Waals surface area (Å²) in [5, 5.41) is 10.4. The first-order valence-corrected chi connectivity index (χ1v) is 23.6. The van der Waals surface area contributed by atoms with Crippen LogP contribution in [0.3, 0.4) is 0 Å². The highest BCUT2D eigenvalue weighted by atomic mass is 32.2. The number of methoxy groups -OCH3 is 1. The number of carbonyl (C=O) groups excluding carboxylic acids is 2. The smallest absolute Gasteiger partial charge is 0.389 e. The number of hydrogen-bond acceptors (Lipinski definition) is 15. The number of urea groups is 1. The molecule has 2 atom stereocenters. The summed E-state index contributed by atoms with van der Waals surface area (Å²) < 4.78 is 106. The Labute approximate surface area is 374 Å². The van der Waals surface area contributed by atoms with E-state index in [1.807, 2.05) is 4.57 Å². The lowest BCUT2D eigenvalue weighted by molar-refractivity contribution is -0.138. The van der Waals surface area contributed by atoms with Gasteiger partial charge in [0.15, 0.2) is 19.8 Å². The molecule has 4 aromatic rings. The normalized spacial score (nSPS) is 15.6. The number of aryl methyl sites for hydroxylation is 2.